The van der Waals surface area contributed by atoms with Gasteiger partial charge in [0.05, 0.1) is 0 Å². The zero-order valence-corrected chi connectivity index (χ0v) is 14.7. The maximum absolute atomic E-state index is 9.01. The highest BCUT2D eigenvalue weighted by atomic mass is 32.1. The van der Waals surface area contributed by atoms with E-state index in [2.05, 4.69) is 54.6 Å². The van der Waals surface area contributed by atoms with Gasteiger partial charge in [-0.15, -0.1) is 11.3 Å². The van der Waals surface area contributed by atoms with Crippen molar-refractivity contribution >= 4 is 50.0 Å². The second-order valence-electron chi connectivity index (χ2n) is 6.19. The fraction of sp³-hybridized carbons (Fsp3) is 0. The van der Waals surface area contributed by atoms with E-state index in [1.807, 2.05) is 35.6 Å². The molecular weight excluding hydrogens is 339 g/mol. The minimum absolute atomic E-state index is 0.648. The van der Waals surface area contributed by atoms with Crippen molar-refractivity contribution in [3.63, 3.8) is 0 Å². The van der Waals surface area contributed by atoms with Crippen LogP contribution in [0.3, 0.4) is 0 Å². The molecule has 4 aromatic carbocycles. The molecule has 4 heteroatoms. The lowest BCUT2D eigenvalue weighted by Gasteiger charge is -2.11. The SMILES string of the molecule is O[B]Oc1cccc2c(-c3ccc4c(c3)sc3ccccc34)cccc12. The Morgan fingerprint density at radius 3 is 2.38 bits per heavy atom. The first-order valence-electron chi connectivity index (χ1n) is 8.41. The molecule has 1 heterocycles. The van der Waals surface area contributed by atoms with E-state index < -0.39 is 0 Å². The van der Waals surface area contributed by atoms with Crippen LogP contribution in [0.15, 0.2) is 78.9 Å². The van der Waals surface area contributed by atoms with Gasteiger partial charge in [-0.1, -0.05) is 60.7 Å². The Morgan fingerprint density at radius 2 is 1.46 bits per heavy atom. The van der Waals surface area contributed by atoms with Crippen molar-refractivity contribution in [1.82, 2.24) is 0 Å². The standard InChI is InChI=1S/C22H14BO2S/c24-23-25-20-9-4-7-16-15(6-3-8-17(16)20)14-11-12-19-18-5-1-2-10-21(18)26-22(19)13-14/h1-13,24H. The van der Waals surface area contributed by atoms with Gasteiger partial charge >= 0.3 is 7.69 Å². The van der Waals surface area contributed by atoms with Crippen molar-refractivity contribution in [1.29, 1.82) is 0 Å². The van der Waals surface area contributed by atoms with Crippen molar-refractivity contribution in [3.05, 3.63) is 78.9 Å². The lowest BCUT2D eigenvalue weighted by molar-refractivity contribution is 0.457. The van der Waals surface area contributed by atoms with Gasteiger partial charge in [0.15, 0.2) is 0 Å². The van der Waals surface area contributed by atoms with E-state index in [4.69, 9.17) is 9.68 Å². The number of thiophene rings is 1. The molecule has 0 spiro atoms. The van der Waals surface area contributed by atoms with E-state index in [0.29, 0.717) is 5.75 Å². The fourth-order valence-electron chi connectivity index (χ4n) is 3.59. The first kappa shape index (κ1) is 15.4. The lowest BCUT2D eigenvalue weighted by atomic mass is 9.97. The molecule has 1 aromatic heterocycles. The molecule has 0 aliphatic rings. The van der Waals surface area contributed by atoms with E-state index in [1.165, 1.54) is 25.7 Å². The van der Waals surface area contributed by atoms with Gasteiger partial charge in [0.25, 0.3) is 0 Å². The predicted molar refractivity (Wildman–Crippen MR) is 111 cm³/mol. The van der Waals surface area contributed by atoms with Crippen LogP contribution in [0.4, 0.5) is 0 Å². The molecule has 0 fully saturated rings. The summed E-state index contributed by atoms with van der Waals surface area (Å²) in [6, 6.07) is 27.2. The molecular formula is C22H14BO2S. The van der Waals surface area contributed by atoms with Crippen LogP contribution in [0.5, 0.6) is 5.75 Å². The van der Waals surface area contributed by atoms with Crippen molar-refractivity contribution in [2.45, 2.75) is 0 Å². The number of benzene rings is 4. The molecule has 2 nitrogen and oxygen atoms in total. The number of fused-ring (bicyclic) bond motifs is 4. The third-order valence-electron chi connectivity index (χ3n) is 4.75. The maximum Gasteiger partial charge on any atom is 0.569 e. The van der Waals surface area contributed by atoms with Crippen molar-refractivity contribution in [3.8, 4) is 16.9 Å². The van der Waals surface area contributed by atoms with Crippen LogP contribution >= 0.6 is 11.3 Å². The summed E-state index contributed by atoms with van der Waals surface area (Å²) in [4.78, 5) is 0. The molecule has 0 bridgehead atoms. The Kier molecular flexibility index (Phi) is 3.66. The molecule has 0 amide bonds. The van der Waals surface area contributed by atoms with E-state index in [-0.39, 0.29) is 0 Å². The molecule has 5 aromatic rings. The van der Waals surface area contributed by atoms with Crippen molar-refractivity contribution in [2.24, 2.45) is 0 Å². The average molecular weight is 353 g/mol. The molecule has 0 aliphatic carbocycles. The first-order chi connectivity index (χ1) is 12.8. The summed E-state index contributed by atoms with van der Waals surface area (Å²) in [5.41, 5.74) is 2.34. The highest BCUT2D eigenvalue weighted by Gasteiger charge is 2.10. The van der Waals surface area contributed by atoms with Gasteiger partial charge in [-0.2, -0.15) is 0 Å². The summed E-state index contributed by atoms with van der Waals surface area (Å²) in [7, 11) is 0.727. The van der Waals surface area contributed by atoms with E-state index in [0.717, 1.165) is 24.0 Å². The van der Waals surface area contributed by atoms with Crippen LogP contribution in [-0.4, -0.2) is 12.7 Å². The predicted octanol–water partition coefficient (Wildman–Crippen LogP) is 5.78. The monoisotopic (exact) mass is 353 g/mol. The first-order valence-corrected chi connectivity index (χ1v) is 9.23. The van der Waals surface area contributed by atoms with Gasteiger partial charge in [-0.25, -0.2) is 0 Å². The topological polar surface area (TPSA) is 29.5 Å². The molecule has 0 saturated carbocycles. The summed E-state index contributed by atoms with van der Waals surface area (Å²) >= 11 is 1.82. The Labute approximate surface area is 155 Å². The Morgan fingerprint density at radius 1 is 0.692 bits per heavy atom. The quantitative estimate of drug-likeness (QED) is 0.417. The fourth-order valence-corrected chi connectivity index (χ4v) is 4.73. The third kappa shape index (κ3) is 2.38. The van der Waals surface area contributed by atoms with Crippen LogP contribution in [0.1, 0.15) is 0 Å². The summed E-state index contributed by atoms with van der Waals surface area (Å²) in [5.74, 6) is 0.648. The molecule has 0 aliphatic heterocycles. The van der Waals surface area contributed by atoms with Gasteiger partial charge in [-0.3, -0.25) is 0 Å². The van der Waals surface area contributed by atoms with Crippen molar-refractivity contribution < 1.29 is 9.68 Å². The smallest absolute Gasteiger partial charge is 0.537 e. The maximum atomic E-state index is 9.01. The van der Waals surface area contributed by atoms with Crippen LogP contribution in [0.2, 0.25) is 0 Å². The van der Waals surface area contributed by atoms with Crippen LogP contribution in [0.25, 0.3) is 42.1 Å². The molecule has 123 valence electrons. The molecule has 0 atom stereocenters. The lowest BCUT2D eigenvalue weighted by Crippen LogP contribution is -2.00. The summed E-state index contributed by atoms with van der Waals surface area (Å²) < 4.78 is 7.85. The molecule has 26 heavy (non-hydrogen) atoms. The Balaban J connectivity index is 1.74. The van der Waals surface area contributed by atoms with Gasteiger partial charge in [0.1, 0.15) is 5.75 Å². The molecule has 5 rings (SSSR count). The zero-order valence-electron chi connectivity index (χ0n) is 13.8. The van der Waals surface area contributed by atoms with Gasteiger partial charge < -0.3 is 9.68 Å². The Bertz CT molecular complexity index is 1260. The number of hydrogen-bond donors (Lipinski definition) is 1. The summed E-state index contributed by atoms with van der Waals surface area (Å²) in [6.45, 7) is 0. The minimum atomic E-state index is 0.648. The Hall–Kier alpha value is -2.82. The van der Waals surface area contributed by atoms with Gasteiger partial charge in [0.2, 0.25) is 0 Å². The second kappa shape index (κ2) is 6.17. The van der Waals surface area contributed by atoms with E-state index in [9.17, 15) is 0 Å². The van der Waals surface area contributed by atoms with Crippen LogP contribution < -0.4 is 4.65 Å². The average Bonchev–Trinajstić information content (AvgIpc) is 3.06. The van der Waals surface area contributed by atoms with Gasteiger partial charge in [0, 0.05) is 25.6 Å². The minimum Gasteiger partial charge on any atom is -0.537 e. The number of rotatable bonds is 3. The van der Waals surface area contributed by atoms with Gasteiger partial charge in [-0.05, 0) is 34.7 Å². The van der Waals surface area contributed by atoms with Crippen LogP contribution in [-0.2, 0) is 0 Å². The summed E-state index contributed by atoms with van der Waals surface area (Å²) in [6.07, 6.45) is 0. The highest BCUT2D eigenvalue weighted by Crippen LogP contribution is 2.38. The highest BCUT2D eigenvalue weighted by molar-refractivity contribution is 7.25. The van der Waals surface area contributed by atoms with E-state index in [1.54, 1.807) is 0 Å². The number of hydrogen-bond acceptors (Lipinski definition) is 3. The molecule has 0 saturated heterocycles. The normalized spacial score (nSPS) is 11.3. The summed E-state index contributed by atoms with van der Waals surface area (Å²) in [5, 5.41) is 13.7. The molecule has 0 unspecified atom stereocenters. The molecule has 1 N–H and O–H groups in total. The zero-order chi connectivity index (χ0) is 17.5. The second-order valence-corrected chi connectivity index (χ2v) is 7.27. The van der Waals surface area contributed by atoms with E-state index >= 15 is 0 Å². The van der Waals surface area contributed by atoms with Crippen LogP contribution in [0, 0.1) is 0 Å². The molecule has 1 radical (unpaired) electrons. The largest absolute Gasteiger partial charge is 0.569 e. The van der Waals surface area contributed by atoms with Crippen molar-refractivity contribution in [2.75, 3.05) is 0 Å². The third-order valence-corrected chi connectivity index (χ3v) is 5.89.